The molecule has 9 heteroatoms. The molecule has 3 N–H and O–H groups in total. The number of benzene rings is 2. The molecule has 0 fully saturated rings. The van der Waals surface area contributed by atoms with Gasteiger partial charge in [0.15, 0.2) is 0 Å². The first-order chi connectivity index (χ1) is 12.5. The highest BCUT2D eigenvalue weighted by Gasteiger charge is 2.19. The highest BCUT2D eigenvalue weighted by atomic mass is 35.5. The van der Waals surface area contributed by atoms with E-state index in [1.165, 1.54) is 0 Å². The summed E-state index contributed by atoms with van der Waals surface area (Å²) in [7, 11) is 0. The lowest BCUT2D eigenvalue weighted by molar-refractivity contribution is -0.150. The number of hydrazine groups is 1. The molecule has 2 aromatic rings. The molecule has 3 rings (SSSR count). The number of hydrogen-bond donors (Lipinski definition) is 3. The van der Waals surface area contributed by atoms with Crippen LogP contribution in [0.25, 0.3) is 0 Å². The van der Waals surface area contributed by atoms with Crippen LogP contribution in [0.3, 0.4) is 0 Å². The van der Waals surface area contributed by atoms with Crippen molar-refractivity contribution in [2.45, 2.75) is 0 Å². The minimum absolute atomic E-state index is 0.0761. The maximum Gasteiger partial charge on any atom is 0.396 e. The summed E-state index contributed by atoms with van der Waals surface area (Å²) in [5.74, 6) is -2.55. The molecular weight excluding hydrogens is 379 g/mol. The number of carbonyl (C=O) groups excluding carboxylic acids is 1. The summed E-state index contributed by atoms with van der Waals surface area (Å²) in [4.78, 5) is 30.7. The van der Waals surface area contributed by atoms with Gasteiger partial charge in [0.25, 0.3) is 0 Å². The van der Waals surface area contributed by atoms with Gasteiger partial charge in [-0.15, -0.1) is 0 Å². The summed E-state index contributed by atoms with van der Waals surface area (Å²) in [5.41, 5.74) is 7.06. The van der Waals surface area contributed by atoms with E-state index >= 15 is 0 Å². The molecule has 1 aliphatic rings. The molecule has 0 bridgehead atoms. The van der Waals surface area contributed by atoms with E-state index in [0.29, 0.717) is 32.6 Å². The summed E-state index contributed by atoms with van der Waals surface area (Å²) >= 11 is 12.4. The number of amidine groups is 1. The van der Waals surface area contributed by atoms with Crippen LogP contribution in [0.5, 0.6) is 0 Å². The van der Waals surface area contributed by atoms with Crippen LogP contribution in [0.15, 0.2) is 52.4 Å². The van der Waals surface area contributed by atoms with Crippen LogP contribution < -0.4 is 10.9 Å². The molecule has 132 valence electrons. The van der Waals surface area contributed by atoms with Gasteiger partial charge in [0, 0.05) is 21.2 Å². The van der Waals surface area contributed by atoms with E-state index in [4.69, 9.17) is 28.3 Å². The van der Waals surface area contributed by atoms with Crippen molar-refractivity contribution in [2.24, 2.45) is 9.98 Å². The van der Waals surface area contributed by atoms with E-state index in [1.54, 1.807) is 24.3 Å². The number of hydrogen-bond acceptors (Lipinski definition) is 5. The standard InChI is InChI=1S/C17H12Cl2N4O3/c18-9-5-6-13-11(7-9)15(10-3-1-2-4-12(10)19)20-8-14(21-13)22-23-16(24)17(25)26/h1-7H,8H2,(H,21,22)(H,23,24)(H,25,26). The molecule has 2 aromatic carbocycles. The third-order valence-corrected chi connectivity index (χ3v) is 4.06. The predicted molar refractivity (Wildman–Crippen MR) is 99.4 cm³/mol. The maximum atomic E-state index is 11.2. The average Bonchev–Trinajstić information content (AvgIpc) is 2.79. The van der Waals surface area contributed by atoms with Gasteiger partial charge in [0.2, 0.25) is 0 Å². The van der Waals surface area contributed by atoms with Crippen molar-refractivity contribution in [3.63, 3.8) is 0 Å². The van der Waals surface area contributed by atoms with Gasteiger partial charge in [0.1, 0.15) is 5.84 Å². The number of carboxylic acids is 1. The van der Waals surface area contributed by atoms with Crippen LogP contribution in [-0.2, 0) is 9.59 Å². The number of aliphatic carboxylic acids is 1. The number of nitrogens with zero attached hydrogens (tertiary/aromatic N) is 2. The lowest BCUT2D eigenvalue weighted by atomic mass is 10.0. The Labute approximate surface area is 158 Å². The molecule has 1 amide bonds. The molecule has 1 heterocycles. The second-order valence-electron chi connectivity index (χ2n) is 5.25. The SMILES string of the molecule is O=C(O)C(=O)NNC1=Nc2ccc(Cl)cc2C(c2ccccc2Cl)=NC1. The number of fused-ring (bicyclic) bond motifs is 1. The van der Waals surface area contributed by atoms with E-state index in [9.17, 15) is 9.59 Å². The minimum Gasteiger partial charge on any atom is -0.474 e. The van der Waals surface area contributed by atoms with Crippen LogP contribution in [0.1, 0.15) is 11.1 Å². The first kappa shape index (κ1) is 17.9. The lowest BCUT2D eigenvalue weighted by Gasteiger charge is -2.10. The summed E-state index contributed by atoms with van der Waals surface area (Å²) in [6.45, 7) is 0.0761. The van der Waals surface area contributed by atoms with Gasteiger partial charge in [-0.1, -0.05) is 41.4 Å². The van der Waals surface area contributed by atoms with Gasteiger partial charge < -0.3 is 5.11 Å². The van der Waals surface area contributed by atoms with Gasteiger partial charge in [0.05, 0.1) is 17.9 Å². The average molecular weight is 391 g/mol. The van der Waals surface area contributed by atoms with Crippen molar-refractivity contribution >= 4 is 52.3 Å². The smallest absolute Gasteiger partial charge is 0.396 e. The van der Waals surface area contributed by atoms with Crippen molar-refractivity contribution in [2.75, 3.05) is 6.54 Å². The molecule has 7 nitrogen and oxygen atoms in total. The van der Waals surface area contributed by atoms with Gasteiger partial charge in [-0.3, -0.25) is 20.6 Å². The summed E-state index contributed by atoms with van der Waals surface area (Å²) in [6, 6.07) is 12.3. The Morgan fingerprint density at radius 3 is 2.58 bits per heavy atom. The number of carbonyl (C=O) groups is 2. The number of rotatable bonds is 1. The molecule has 0 aromatic heterocycles. The number of amides is 1. The Balaban J connectivity index is 2.01. The molecule has 0 atom stereocenters. The summed E-state index contributed by atoms with van der Waals surface area (Å²) in [6.07, 6.45) is 0. The van der Waals surface area contributed by atoms with Crippen LogP contribution in [0, 0.1) is 0 Å². The zero-order chi connectivity index (χ0) is 18.7. The maximum absolute atomic E-state index is 11.2. The summed E-state index contributed by atoms with van der Waals surface area (Å²) < 4.78 is 0. The third kappa shape index (κ3) is 3.84. The molecular formula is C17H12Cl2N4O3. The normalized spacial score (nSPS) is 13.0. The highest BCUT2D eigenvalue weighted by Crippen LogP contribution is 2.30. The van der Waals surface area contributed by atoms with E-state index in [2.05, 4.69) is 15.4 Å². The van der Waals surface area contributed by atoms with E-state index < -0.39 is 11.9 Å². The highest BCUT2D eigenvalue weighted by molar-refractivity contribution is 6.36. The van der Waals surface area contributed by atoms with Crippen molar-refractivity contribution in [1.82, 2.24) is 10.9 Å². The Hall–Kier alpha value is -2.90. The molecule has 0 saturated carbocycles. The third-order valence-electron chi connectivity index (χ3n) is 3.50. The zero-order valence-electron chi connectivity index (χ0n) is 13.2. The summed E-state index contributed by atoms with van der Waals surface area (Å²) in [5, 5.41) is 9.66. The molecule has 0 aliphatic carbocycles. The molecule has 0 spiro atoms. The Kier molecular flexibility index (Phi) is 5.20. The first-order valence-electron chi connectivity index (χ1n) is 7.42. The van der Waals surface area contributed by atoms with Crippen LogP contribution in [0.4, 0.5) is 5.69 Å². The first-order valence-corrected chi connectivity index (χ1v) is 8.17. The van der Waals surface area contributed by atoms with Crippen LogP contribution >= 0.6 is 23.2 Å². The van der Waals surface area contributed by atoms with Crippen LogP contribution in [-0.4, -0.2) is 35.1 Å². The Bertz CT molecular complexity index is 957. The van der Waals surface area contributed by atoms with Gasteiger partial charge >= 0.3 is 11.9 Å². The Morgan fingerprint density at radius 2 is 1.85 bits per heavy atom. The minimum atomic E-state index is -1.61. The second kappa shape index (κ2) is 7.55. The predicted octanol–water partition coefficient (Wildman–Crippen LogP) is 2.58. The number of halogens is 2. The van der Waals surface area contributed by atoms with Crippen molar-refractivity contribution < 1.29 is 14.7 Å². The fourth-order valence-corrected chi connectivity index (χ4v) is 2.75. The van der Waals surface area contributed by atoms with E-state index in [1.807, 2.05) is 23.6 Å². The quantitative estimate of drug-likeness (QED) is 0.514. The number of aliphatic imine (C=N–C) groups is 2. The zero-order valence-corrected chi connectivity index (χ0v) is 14.7. The van der Waals surface area contributed by atoms with Gasteiger partial charge in [-0.05, 0) is 24.3 Å². The van der Waals surface area contributed by atoms with Crippen molar-refractivity contribution in [1.29, 1.82) is 0 Å². The van der Waals surface area contributed by atoms with Gasteiger partial charge in [-0.25, -0.2) is 9.79 Å². The topological polar surface area (TPSA) is 103 Å². The monoisotopic (exact) mass is 390 g/mol. The second-order valence-corrected chi connectivity index (χ2v) is 6.09. The molecule has 0 unspecified atom stereocenters. The van der Waals surface area contributed by atoms with Crippen molar-refractivity contribution in [3.8, 4) is 0 Å². The number of nitrogens with one attached hydrogen (secondary N) is 2. The Morgan fingerprint density at radius 1 is 1.08 bits per heavy atom. The number of carboxylic acid groups (broad SMARTS) is 1. The molecule has 0 saturated heterocycles. The molecule has 1 aliphatic heterocycles. The lowest BCUT2D eigenvalue weighted by Crippen LogP contribution is -2.45. The van der Waals surface area contributed by atoms with Gasteiger partial charge in [-0.2, -0.15) is 0 Å². The largest absolute Gasteiger partial charge is 0.474 e. The molecule has 0 radical (unpaired) electrons. The fourth-order valence-electron chi connectivity index (χ4n) is 2.35. The van der Waals surface area contributed by atoms with E-state index in [-0.39, 0.29) is 12.4 Å². The van der Waals surface area contributed by atoms with E-state index in [0.717, 1.165) is 0 Å². The van der Waals surface area contributed by atoms with Crippen molar-refractivity contribution in [3.05, 3.63) is 63.6 Å². The van der Waals surface area contributed by atoms with Crippen LogP contribution in [0.2, 0.25) is 10.0 Å². The fraction of sp³-hybridized carbons (Fsp3) is 0.0588. The molecule has 26 heavy (non-hydrogen) atoms.